The van der Waals surface area contributed by atoms with Gasteiger partial charge >= 0.3 is 0 Å². The lowest BCUT2D eigenvalue weighted by Gasteiger charge is -2.21. The fourth-order valence-electron chi connectivity index (χ4n) is 7.93. The Morgan fingerprint density at radius 2 is 0.962 bits per heavy atom. The number of rotatable bonds is 5. The zero-order valence-corrected chi connectivity index (χ0v) is 29.5. The maximum absolute atomic E-state index is 5.16. The van der Waals surface area contributed by atoms with Gasteiger partial charge in [0.15, 0.2) is 11.6 Å². The molecule has 0 bridgehead atoms. The van der Waals surface area contributed by atoms with Crippen LogP contribution in [0.3, 0.4) is 0 Å². The van der Waals surface area contributed by atoms with Crippen molar-refractivity contribution in [3.63, 3.8) is 0 Å². The van der Waals surface area contributed by atoms with Gasteiger partial charge in [0.05, 0.1) is 11.4 Å². The molecule has 0 unspecified atom stereocenters. The maximum Gasteiger partial charge on any atom is 0.160 e. The van der Waals surface area contributed by atoms with E-state index in [2.05, 4.69) is 133 Å². The summed E-state index contributed by atoms with van der Waals surface area (Å²) in [6.07, 6.45) is 3.76. The molecule has 0 N–H and O–H groups in total. The van der Waals surface area contributed by atoms with Gasteiger partial charge in [-0.2, -0.15) is 0 Å². The van der Waals surface area contributed by atoms with Crippen molar-refractivity contribution >= 4 is 21.5 Å². The summed E-state index contributed by atoms with van der Waals surface area (Å²) < 4.78 is 0. The molecule has 1 aliphatic carbocycles. The summed E-state index contributed by atoms with van der Waals surface area (Å²) in [5.74, 6) is 1.35. The average Bonchev–Trinajstić information content (AvgIpc) is 3.45. The summed E-state index contributed by atoms with van der Waals surface area (Å²) >= 11 is 0. The summed E-state index contributed by atoms with van der Waals surface area (Å²) in [6.45, 7) is 4.67. The lowest BCUT2D eigenvalue weighted by atomic mass is 9.81. The van der Waals surface area contributed by atoms with E-state index >= 15 is 0 Å². The lowest BCUT2D eigenvalue weighted by Crippen LogP contribution is -2.14. The predicted molar refractivity (Wildman–Crippen MR) is 217 cm³/mol. The topological polar surface area (TPSA) is 51.6 Å². The van der Waals surface area contributed by atoms with Gasteiger partial charge in [0.2, 0.25) is 0 Å². The van der Waals surface area contributed by atoms with E-state index < -0.39 is 0 Å². The fraction of sp³-hybridized carbons (Fsp3) is 0.0612. The highest BCUT2D eigenvalue weighted by atomic mass is 14.9. The van der Waals surface area contributed by atoms with E-state index in [1.165, 1.54) is 43.8 Å². The molecule has 0 saturated heterocycles. The van der Waals surface area contributed by atoms with Crippen molar-refractivity contribution in [2.75, 3.05) is 0 Å². The zero-order valence-electron chi connectivity index (χ0n) is 29.5. The summed E-state index contributed by atoms with van der Waals surface area (Å²) in [5.41, 5.74) is 13.2. The van der Waals surface area contributed by atoms with Crippen LogP contribution in [0.4, 0.5) is 0 Å². The molecule has 0 aliphatic heterocycles. The number of benzene rings is 7. The Balaban J connectivity index is 1.04. The number of fused-ring (bicyclic) bond motifs is 6. The van der Waals surface area contributed by atoms with Crippen LogP contribution >= 0.6 is 0 Å². The predicted octanol–water partition coefficient (Wildman–Crippen LogP) is 12.2. The van der Waals surface area contributed by atoms with Gasteiger partial charge < -0.3 is 0 Å². The third-order valence-corrected chi connectivity index (χ3v) is 10.8. The Kier molecular flexibility index (Phi) is 7.12. The molecule has 2 heterocycles. The third-order valence-electron chi connectivity index (χ3n) is 10.8. The first-order valence-corrected chi connectivity index (χ1v) is 18.0. The molecule has 0 radical (unpaired) electrons. The number of nitrogens with zero attached hydrogens (tertiary/aromatic N) is 4. The maximum atomic E-state index is 5.16. The lowest BCUT2D eigenvalue weighted by molar-refractivity contribution is 0.661. The molecule has 0 saturated carbocycles. The molecule has 0 fully saturated rings. The Hall–Kier alpha value is -6.78. The van der Waals surface area contributed by atoms with E-state index in [0.717, 1.165) is 44.8 Å². The van der Waals surface area contributed by atoms with Gasteiger partial charge in [0.1, 0.15) is 0 Å². The van der Waals surface area contributed by atoms with E-state index in [1.807, 2.05) is 60.9 Å². The minimum absolute atomic E-state index is 0.0254. The largest absolute Gasteiger partial charge is 0.236 e. The van der Waals surface area contributed by atoms with Crippen LogP contribution in [-0.4, -0.2) is 19.9 Å². The minimum atomic E-state index is -0.0254. The first kappa shape index (κ1) is 31.0. The SMILES string of the molecule is CC1(C)c2ccccc2-c2cc3c(ccc4cc(-c5cc(-c6ccccc6)nc(-c6ccc(-c7ncc(-c8ccccc8)cn7)cc6)n5)ccc43)cc21. The molecule has 4 nitrogen and oxygen atoms in total. The summed E-state index contributed by atoms with van der Waals surface area (Å²) in [5, 5.41) is 4.96. The zero-order chi connectivity index (χ0) is 35.5. The standard InChI is InChI=1S/C49H34N4/c1-49(2)43-16-10-9-15-40(43)42-27-41-36(26-44(42)49)22-21-35-25-37(23-24-39(35)41)46-28-45(32-13-7-4-8-14-32)52-48(53-46)34-19-17-33(18-20-34)47-50-29-38(30-51-47)31-11-5-3-6-12-31/h3-30H,1-2H3. The normalized spacial score (nSPS) is 12.9. The fourth-order valence-corrected chi connectivity index (χ4v) is 7.93. The van der Waals surface area contributed by atoms with Crippen molar-refractivity contribution < 1.29 is 0 Å². The first-order valence-electron chi connectivity index (χ1n) is 18.0. The first-order chi connectivity index (χ1) is 26.0. The Labute approximate surface area is 308 Å². The Morgan fingerprint density at radius 1 is 0.377 bits per heavy atom. The molecule has 7 aromatic carbocycles. The van der Waals surface area contributed by atoms with Crippen LogP contribution in [0.2, 0.25) is 0 Å². The van der Waals surface area contributed by atoms with Gasteiger partial charge in [-0.25, -0.2) is 19.9 Å². The van der Waals surface area contributed by atoms with Crippen LogP contribution in [0.25, 0.3) is 89.1 Å². The van der Waals surface area contributed by atoms with Crippen LogP contribution in [0.5, 0.6) is 0 Å². The van der Waals surface area contributed by atoms with E-state index in [1.54, 1.807) is 0 Å². The average molecular weight is 679 g/mol. The monoisotopic (exact) mass is 678 g/mol. The summed E-state index contributed by atoms with van der Waals surface area (Å²) in [4.78, 5) is 19.6. The van der Waals surface area contributed by atoms with Crippen LogP contribution in [0.1, 0.15) is 25.0 Å². The van der Waals surface area contributed by atoms with Gasteiger partial charge in [-0.1, -0.05) is 147 Å². The molecule has 250 valence electrons. The second-order valence-corrected chi connectivity index (χ2v) is 14.4. The molecule has 0 spiro atoms. The van der Waals surface area contributed by atoms with Gasteiger partial charge in [0.25, 0.3) is 0 Å². The highest BCUT2D eigenvalue weighted by Gasteiger charge is 2.35. The van der Waals surface area contributed by atoms with Crippen LogP contribution in [0, 0.1) is 0 Å². The molecule has 2 aromatic heterocycles. The molecule has 0 atom stereocenters. The summed E-state index contributed by atoms with van der Waals surface area (Å²) in [6, 6.07) is 55.7. The highest BCUT2D eigenvalue weighted by molar-refractivity contribution is 6.10. The van der Waals surface area contributed by atoms with E-state index in [0.29, 0.717) is 11.6 Å². The van der Waals surface area contributed by atoms with E-state index in [-0.39, 0.29) is 5.41 Å². The molecule has 10 rings (SSSR count). The molecular weight excluding hydrogens is 645 g/mol. The van der Waals surface area contributed by atoms with Crippen molar-refractivity contribution in [3.8, 4) is 67.5 Å². The van der Waals surface area contributed by atoms with Gasteiger partial charge in [0, 0.05) is 45.6 Å². The van der Waals surface area contributed by atoms with Gasteiger partial charge in [-0.3, -0.25) is 0 Å². The second kappa shape index (κ2) is 12.2. The third kappa shape index (κ3) is 5.30. The van der Waals surface area contributed by atoms with E-state index in [4.69, 9.17) is 9.97 Å². The van der Waals surface area contributed by atoms with Gasteiger partial charge in [-0.05, 0) is 73.6 Å². The minimum Gasteiger partial charge on any atom is -0.236 e. The van der Waals surface area contributed by atoms with E-state index in [9.17, 15) is 0 Å². The number of hydrogen-bond acceptors (Lipinski definition) is 4. The molecule has 9 aromatic rings. The molecule has 1 aliphatic rings. The van der Waals surface area contributed by atoms with Crippen LogP contribution in [0.15, 0.2) is 170 Å². The highest BCUT2D eigenvalue weighted by Crippen LogP contribution is 2.50. The van der Waals surface area contributed by atoms with Crippen LogP contribution < -0.4 is 0 Å². The summed E-state index contributed by atoms with van der Waals surface area (Å²) in [7, 11) is 0. The van der Waals surface area contributed by atoms with Crippen molar-refractivity contribution in [1.82, 2.24) is 19.9 Å². The second-order valence-electron chi connectivity index (χ2n) is 14.4. The number of aromatic nitrogens is 4. The molecule has 0 amide bonds. The van der Waals surface area contributed by atoms with Gasteiger partial charge in [-0.15, -0.1) is 0 Å². The van der Waals surface area contributed by atoms with Crippen molar-refractivity contribution in [3.05, 3.63) is 181 Å². The number of hydrogen-bond donors (Lipinski definition) is 0. The molecule has 4 heteroatoms. The Morgan fingerprint density at radius 3 is 1.68 bits per heavy atom. The molecule has 53 heavy (non-hydrogen) atoms. The molecular formula is C49H34N4. The Bertz CT molecular complexity index is 2830. The van der Waals surface area contributed by atoms with Crippen LogP contribution in [-0.2, 0) is 5.41 Å². The smallest absolute Gasteiger partial charge is 0.160 e. The van der Waals surface area contributed by atoms with Crippen molar-refractivity contribution in [2.45, 2.75) is 19.3 Å². The van der Waals surface area contributed by atoms with Crippen molar-refractivity contribution in [1.29, 1.82) is 0 Å². The quantitative estimate of drug-likeness (QED) is 0.170. The van der Waals surface area contributed by atoms with Crippen molar-refractivity contribution in [2.24, 2.45) is 0 Å².